The Bertz CT molecular complexity index is 927. The molecule has 28 heavy (non-hydrogen) atoms. The monoisotopic (exact) mass is 407 g/mol. The molecule has 0 fully saturated rings. The summed E-state index contributed by atoms with van der Waals surface area (Å²) >= 11 is 0. The quantitative estimate of drug-likeness (QED) is 0.362. The Hall–Kier alpha value is -2.75. The van der Waals surface area contributed by atoms with E-state index in [2.05, 4.69) is 4.72 Å². The van der Waals surface area contributed by atoms with Crippen molar-refractivity contribution in [2.24, 2.45) is 0 Å². The van der Waals surface area contributed by atoms with Gasteiger partial charge in [-0.05, 0) is 18.2 Å². The lowest BCUT2D eigenvalue weighted by atomic mass is 10.1. The van der Waals surface area contributed by atoms with Gasteiger partial charge in [-0.15, -0.1) is 0 Å². The molecule has 8 nitrogen and oxygen atoms in total. The first-order valence-corrected chi connectivity index (χ1v) is 9.79. The Morgan fingerprint density at radius 3 is 2.36 bits per heavy atom. The molecule has 0 unspecified atom stereocenters. The highest BCUT2D eigenvalue weighted by Gasteiger charge is 2.22. The summed E-state index contributed by atoms with van der Waals surface area (Å²) in [5.41, 5.74) is 0.393. The molecule has 2 aromatic rings. The standard InChI is InChI=1S/C19H21NO7S/c1-25-11-10-20-28(23,24)18-12-15(8-9-17(18)26-2)19(22)27-13-16(21)14-6-4-3-5-7-14/h3-9,12,20H,10-11,13H2,1-2H3. The average molecular weight is 407 g/mol. The molecule has 9 heteroatoms. The minimum Gasteiger partial charge on any atom is -0.495 e. The smallest absolute Gasteiger partial charge is 0.338 e. The number of hydrogen-bond acceptors (Lipinski definition) is 7. The van der Waals surface area contributed by atoms with E-state index in [1.807, 2.05) is 0 Å². The first-order valence-electron chi connectivity index (χ1n) is 8.31. The Balaban J connectivity index is 2.15. The van der Waals surface area contributed by atoms with Crippen LogP contribution in [-0.2, 0) is 19.5 Å². The Kier molecular flexibility index (Phi) is 7.68. The van der Waals surface area contributed by atoms with Crippen molar-refractivity contribution < 1.29 is 32.2 Å². The number of carbonyl (C=O) groups excluding carboxylic acids is 2. The minimum atomic E-state index is -3.94. The van der Waals surface area contributed by atoms with Crippen molar-refractivity contribution in [2.45, 2.75) is 4.90 Å². The van der Waals surface area contributed by atoms with E-state index < -0.39 is 22.6 Å². The zero-order chi connectivity index (χ0) is 20.6. The van der Waals surface area contributed by atoms with Crippen molar-refractivity contribution in [1.29, 1.82) is 0 Å². The van der Waals surface area contributed by atoms with Gasteiger partial charge in [0.15, 0.2) is 12.4 Å². The lowest BCUT2D eigenvalue weighted by molar-refractivity contribution is 0.0474. The average Bonchev–Trinajstić information content (AvgIpc) is 2.72. The number of benzene rings is 2. The topological polar surface area (TPSA) is 108 Å². The van der Waals surface area contributed by atoms with Gasteiger partial charge in [0.2, 0.25) is 10.0 Å². The van der Waals surface area contributed by atoms with Crippen LogP contribution in [0.4, 0.5) is 0 Å². The minimum absolute atomic E-state index is 0.0196. The Morgan fingerprint density at radius 1 is 1.00 bits per heavy atom. The van der Waals surface area contributed by atoms with Crippen molar-refractivity contribution >= 4 is 21.8 Å². The van der Waals surface area contributed by atoms with Crippen LogP contribution in [0.2, 0.25) is 0 Å². The Morgan fingerprint density at radius 2 is 1.71 bits per heavy atom. The van der Waals surface area contributed by atoms with Gasteiger partial charge < -0.3 is 14.2 Å². The van der Waals surface area contributed by atoms with Crippen LogP contribution in [0, 0.1) is 0 Å². The maximum absolute atomic E-state index is 12.5. The van der Waals surface area contributed by atoms with E-state index in [4.69, 9.17) is 14.2 Å². The summed E-state index contributed by atoms with van der Waals surface area (Å²) in [6.07, 6.45) is 0. The number of esters is 1. The van der Waals surface area contributed by atoms with Gasteiger partial charge in [-0.1, -0.05) is 30.3 Å². The number of Topliss-reactive ketones (excluding diaryl/α,β-unsaturated/α-hetero) is 1. The molecule has 2 rings (SSSR count). The highest BCUT2D eigenvalue weighted by molar-refractivity contribution is 7.89. The van der Waals surface area contributed by atoms with E-state index in [0.717, 1.165) is 6.07 Å². The van der Waals surface area contributed by atoms with E-state index in [1.165, 1.54) is 26.4 Å². The second-order valence-electron chi connectivity index (χ2n) is 5.62. The van der Waals surface area contributed by atoms with Gasteiger partial charge in [0.25, 0.3) is 0 Å². The fraction of sp³-hybridized carbons (Fsp3) is 0.263. The van der Waals surface area contributed by atoms with Crippen LogP contribution in [0.3, 0.4) is 0 Å². The normalized spacial score (nSPS) is 11.1. The number of nitrogens with one attached hydrogen (secondary N) is 1. The number of carbonyl (C=O) groups is 2. The molecule has 0 saturated carbocycles. The second kappa shape index (κ2) is 9.98. The molecular weight excluding hydrogens is 386 g/mol. The Labute approximate surface area is 163 Å². The van der Waals surface area contributed by atoms with Crippen molar-refractivity contribution in [3.63, 3.8) is 0 Å². The fourth-order valence-electron chi connectivity index (χ4n) is 2.29. The third-order valence-corrected chi connectivity index (χ3v) is 5.20. The molecule has 2 aromatic carbocycles. The highest BCUT2D eigenvalue weighted by Crippen LogP contribution is 2.25. The van der Waals surface area contributed by atoms with Crippen LogP contribution in [0.25, 0.3) is 0 Å². The van der Waals surface area contributed by atoms with Gasteiger partial charge in [0.1, 0.15) is 10.6 Å². The fourth-order valence-corrected chi connectivity index (χ4v) is 3.50. The van der Waals surface area contributed by atoms with Crippen molar-refractivity contribution in [3.8, 4) is 5.75 Å². The molecule has 0 aromatic heterocycles. The number of hydrogen-bond donors (Lipinski definition) is 1. The lowest BCUT2D eigenvalue weighted by Gasteiger charge is -2.12. The predicted molar refractivity (Wildman–Crippen MR) is 101 cm³/mol. The third-order valence-electron chi connectivity index (χ3n) is 3.72. The number of rotatable bonds is 10. The van der Waals surface area contributed by atoms with Gasteiger partial charge in [-0.3, -0.25) is 4.79 Å². The van der Waals surface area contributed by atoms with Crippen molar-refractivity contribution in [1.82, 2.24) is 4.72 Å². The van der Waals surface area contributed by atoms with Gasteiger partial charge in [-0.2, -0.15) is 0 Å². The number of ether oxygens (including phenoxy) is 3. The molecule has 150 valence electrons. The first-order chi connectivity index (χ1) is 13.4. The van der Waals surface area contributed by atoms with Gasteiger partial charge in [-0.25, -0.2) is 17.9 Å². The van der Waals surface area contributed by atoms with Crippen molar-refractivity contribution in [3.05, 3.63) is 59.7 Å². The van der Waals surface area contributed by atoms with Crippen molar-refractivity contribution in [2.75, 3.05) is 34.0 Å². The summed E-state index contributed by atoms with van der Waals surface area (Å²) < 4.78 is 42.2. The van der Waals surface area contributed by atoms with Gasteiger partial charge in [0.05, 0.1) is 19.3 Å². The molecule has 0 radical (unpaired) electrons. The maximum Gasteiger partial charge on any atom is 0.338 e. The molecule has 0 saturated heterocycles. The second-order valence-corrected chi connectivity index (χ2v) is 7.36. The molecule has 0 aliphatic rings. The summed E-state index contributed by atoms with van der Waals surface area (Å²) in [7, 11) is -1.17. The molecule has 1 N–H and O–H groups in total. The van der Waals surface area contributed by atoms with Crippen LogP contribution in [0.5, 0.6) is 5.75 Å². The van der Waals surface area contributed by atoms with Crippen LogP contribution < -0.4 is 9.46 Å². The molecule has 0 spiro atoms. The number of ketones is 1. The zero-order valence-electron chi connectivity index (χ0n) is 15.5. The van der Waals surface area contributed by atoms with Gasteiger partial charge >= 0.3 is 5.97 Å². The number of sulfonamides is 1. The number of methoxy groups -OCH3 is 2. The maximum atomic E-state index is 12.5. The molecule has 0 amide bonds. The van der Waals surface area contributed by atoms with Crippen LogP contribution >= 0.6 is 0 Å². The lowest BCUT2D eigenvalue weighted by Crippen LogP contribution is -2.27. The highest BCUT2D eigenvalue weighted by atomic mass is 32.2. The molecule has 0 aliphatic carbocycles. The van der Waals surface area contributed by atoms with Crippen LogP contribution in [0.1, 0.15) is 20.7 Å². The van der Waals surface area contributed by atoms with E-state index in [1.54, 1.807) is 30.3 Å². The predicted octanol–water partition coefficient (Wildman–Crippen LogP) is 1.66. The molecule has 0 aliphatic heterocycles. The first kappa shape index (κ1) is 21.5. The SMILES string of the molecule is COCCNS(=O)(=O)c1cc(C(=O)OCC(=O)c2ccccc2)ccc1OC. The van der Waals surface area contributed by atoms with E-state index in [0.29, 0.717) is 5.56 Å². The summed E-state index contributed by atoms with van der Waals surface area (Å²) in [4.78, 5) is 24.1. The van der Waals surface area contributed by atoms with E-state index >= 15 is 0 Å². The summed E-state index contributed by atoms with van der Waals surface area (Å²) in [6, 6.07) is 12.2. The molecule has 0 heterocycles. The largest absolute Gasteiger partial charge is 0.495 e. The zero-order valence-corrected chi connectivity index (χ0v) is 16.3. The molecule has 0 bridgehead atoms. The van der Waals surface area contributed by atoms with Crippen LogP contribution in [0.15, 0.2) is 53.4 Å². The van der Waals surface area contributed by atoms with Crippen LogP contribution in [-0.4, -0.2) is 54.1 Å². The van der Waals surface area contributed by atoms with E-state index in [9.17, 15) is 18.0 Å². The summed E-state index contributed by atoms with van der Waals surface area (Å²) in [5, 5.41) is 0. The van der Waals surface area contributed by atoms with E-state index in [-0.39, 0.29) is 35.1 Å². The summed E-state index contributed by atoms with van der Waals surface area (Å²) in [6.45, 7) is -0.212. The van der Waals surface area contributed by atoms with Gasteiger partial charge in [0, 0.05) is 19.2 Å². The molecule has 0 atom stereocenters. The molecular formula is C19H21NO7S. The summed E-state index contributed by atoms with van der Waals surface area (Å²) in [5.74, 6) is -1.11. The third kappa shape index (κ3) is 5.62.